The van der Waals surface area contributed by atoms with Crippen LogP contribution in [0.25, 0.3) is 0 Å². The second kappa shape index (κ2) is 57.7. The van der Waals surface area contributed by atoms with Gasteiger partial charge in [-0.05, 0) is 103 Å². The highest BCUT2D eigenvalue weighted by Gasteiger charge is 2.19. The Balaban J connectivity index is 4.36. The molecule has 1 unspecified atom stereocenters. The van der Waals surface area contributed by atoms with Gasteiger partial charge in [0.2, 0.25) is 0 Å². The summed E-state index contributed by atoms with van der Waals surface area (Å²) >= 11 is 0. The van der Waals surface area contributed by atoms with Gasteiger partial charge in [0, 0.05) is 19.3 Å². The lowest BCUT2D eigenvalue weighted by molar-refractivity contribution is -0.167. The highest BCUT2D eigenvalue weighted by atomic mass is 16.6. The molecule has 6 nitrogen and oxygen atoms in total. The smallest absolute Gasteiger partial charge is 0.306 e. The Labute approximate surface area is 428 Å². The molecule has 0 aromatic heterocycles. The molecule has 0 radical (unpaired) electrons. The molecule has 0 heterocycles. The molecular weight excluding hydrogens is 853 g/mol. The van der Waals surface area contributed by atoms with Gasteiger partial charge in [0.05, 0.1) is 0 Å². The number of carbonyl (C=O) groups is 3. The standard InChI is InChI=1S/C63H112O6/c1-4-7-10-13-16-19-22-25-28-30-31-32-33-34-36-38-41-44-47-50-53-56-62(65)68-59-60(58-67-61(64)55-52-49-46-43-40-37-27-24-21-18-15-12-9-6-3)69-63(66)57-54-51-48-45-42-39-35-29-26-23-20-17-14-11-8-5-2/h15,18,20,23-24,27,29-31,35,60H,4-14,16-17,19,21-22,25-26,28,32-34,36-59H2,1-3H3/b18-15-,23-20-,27-24-,31-30-,35-29-. The average Bonchev–Trinajstić information content (AvgIpc) is 3.35. The number of hydrogen-bond donors (Lipinski definition) is 0. The van der Waals surface area contributed by atoms with E-state index in [1.165, 1.54) is 161 Å². The molecule has 1 atom stereocenters. The maximum atomic E-state index is 12.9. The van der Waals surface area contributed by atoms with Crippen LogP contribution in [-0.4, -0.2) is 37.2 Å². The first-order valence-corrected chi connectivity index (χ1v) is 29.8. The first kappa shape index (κ1) is 66.1. The topological polar surface area (TPSA) is 78.9 Å². The third-order valence-electron chi connectivity index (χ3n) is 13.0. The second-order valence-corrected chi connectivity index (χ2v) is 19.9. The number of unbranched alkanes of at least 4 members (excludes halogenated alkanes) is 33. The maximum Gasteiger partial charge on any atom is 0.306 e. The van der Waals surface area contributed by atoms with Crippen molar-refractivity contribution in [3.05, 3.63) is 60.8 Å². The molecule has 0 rings (SSSR count). The van der Waals surface area contributed by atoms with Crippen molar-refractivity contribution in [1.82, 2.24) is 0 Å². The van der Waals surface area contributed by atoms with Crippen molar-refractivity contribution >= 4 is 17.9 Å². The lowest BCUT2D eigenvalue weighted by Crippen LogP contribution is -2.30. The van der Waals surface area contributed by atoms with E-state index in [-0.39, 0.29) is 31.1 Å². The van der Waals surface area contributed by atoms with Crippen molar-refractivity contribution in [2.75, 3.05) is 13.2 Å². The van der Waals surface area contributed by atoms with Crippen LogP contribution in [0.15, 0.2) is 60.8 Å². The highest BCUT2D eigenvalue weighted by molar-refractivity contribution is 5.71. The quantitative estimate of drug-likeness (QED) is 0.0262. The van der Waals surface area contributed by atoms with Crippen LogP contribution in [0.2, 0.25) is 0 Å². The van der Waals surface area contributed by atoms with Gasteiger partial charge < -0.3 is 14.2 Å². The van der Waals surface area contributed by atoms with Crippen molar-refractivity contribution in [3.8, 4) is 0 Å². The molecule has 6 heteroatoms. The number of rotatable bonds is 54. The number of hydrogen-bond acceptors (Lipinski definition) is 6. The van der Waals surface area contributed by atoms with E-state index in [4.69, 9.17) is 14.2 Å². The predicted molar refractivity (Wildman–Crippen MR) is 298 cm³/mol. The van der Waals surface area contributed by atoms with E-state index in [1.807, 2.05) is 0 Å². The molecule has 0 amide bonds. The minimum absolute atomic E-state index is 0.0846. The first-order chi connectivity index (χ1) is 34.0. The fraction of sp³-hybridized carbons (Fsp3) is 0.794. The predicted octanol–water partition coefficient (Wildman–Crippen LogP) is 20.0. The van der Waals surface area contributed by atoms with Gasteiger partial charge >= 0.3 is 17.9 Å². The van der Waals surface area contributed by atoms with Crippen molar-refractivity contribution in [1.29, 1.82) is 0 Å². The van der Waals surface area contributed by atoms with E-state index < -0.39 is 6.10 Å². The van der Waals surface area contributed by atoms with E-state index in [0.29, 0.717) is 19.3 Å². The molecule has 69 heavy (non-hydrogen) atoms. The number of ether oxygens (including phenoxy) is 3. The van der Waals surface area contributed by atoms with Gasteiger partial charge in [-0.2, -0.15) is 0 Å². The van der Waals surface area contributed by atoms with Crippen LogP contribution >= 0.6 is 0 Å². The third-order valence-corrected chi connectivity index (χ3v) is 13.0. The average molecular weight is 966 g/mol. The summed E-state index contributed by atoms with van der Waals surface area (Å²) in [4.78, 5) is 38.2. The zero-order chi connectivity index (χ0) is 50.0. The molecule has 0 saturated carbocycles. The summed E-state index contributed by atoms with van der Waals surface area (Å²) in [5, 5.41) is 0. The van der Waals surface area contributed by atoms with Gasteiger partial charge in [-0.25, -0.2) is 0 Å². The van der Waals surface area contributed by atoms with Crippen LogP contribution in [0.1, 0.15) is 303 Å². The number of carbonyl (C=O) groups excluding carboxylic acids is 3. The van der Waals surface area contributed by atoms with E-state index in [9.17, 15) is 14.4 Å². The largest absolute Gasteiger partial charge is 0.462 e. The van der Waals surface area contributed by atoms with E-state index >= 15 is 0 Å². The lowest BCUT2D eigenvalue weighted by atomic mass is 10.1. The lowest BCUT2D eigenvalue weighted by Gasteiger charge is -2.18. The van der Waals surface area contributed by atoms with Gasteiger partial charge in [0.1, 0.15) is 13.2 Å². The summed E-state index contributed by atoms with van der Waals surface area (Å²) in [6, 6.07) is 0. The normalized spacial score (nSPS) is 12.4. The molecule has 0 fully saturated rings. The minimum atomic E-state index is -0.788. The Morgan fingerprint density at radius 1 is 0.290 bits per heavy atom. The fourth-order valence-electron chi connectivity index (χ4n) is 8.43. The molecule has 400 valence electrons. The number of allylic oxidation sites excluding steroid dienone is 10. The summed E-state index contributed by atoms with van der Waals surface area (Å²) < 4.78 is 16.9. The molecule has 0 aliphatic heterocycles. The zero-order valence-electron chi connectivity index (χ0n) is 45.8. The Morgan fingerprint density at radius 2 is 0.536 bits per heavy atom. The molecule has 0 aromatic carbocycles. The monoisotopic (exact) mass is 965 g/mol. The number of esters is 3. The molecular formula is C63H112O6. The van der Waals surface area contributed by atoms with Gasteiger partial charge in [-0.1, -0.05) is 242 Å². The Kier molecular flexibility index (Phi) is 55.3. The Bertz CT molecular complexity index is 1250. The van der Waals surface area contributed by atoms with Crippen LogP contribution in [0, 0.1) is 0 Å². The zero-order valence-corrected chi connectivity index (χ0v) is 45.8. The molecule has 0 bridgehead atoms. The molecule has 0 saturated heterocycles. The van der Waals surface area contributed by atoms with Crippen molar-refractivity contribution in [3.63, 3.8) is 0 Å². The van der Waals surface area contributed by atoms with Crippen LogP contribution in [-0.2, 0) is 28.6 Å². The van der Waals surface area contributed by atoms with Crippen molar-refractivity contribution in [2.45, 2.75) is 309 Å². The third kappa shape index (κ3) is 55.9. The van der Waals surface area contributed by atoms with Crippen LogP contribution in [0.5, 0.6) is 0 Å². The Hall–Kier alpha value is -2.89. The summed E-state index contributed by atoms with van der Waals surface area (Å²) in [5.74, 6) is -0.904. The summed E-state index contributed by atoms with van der Waals surface area (Å²) in [7, 11) is 0. The molecule has 0 spiro atoms. The fourth-order valence-corrected chi connectivity index (χ4v) is 8.43. The van der Waals surface area contributed by atoms with Crippen LogP contribution in [0.3, 0.4) is 0 Å². The second-order valence-electron chi connectivity index (χ2n) is 19.9. The first-order valence-electron chi connectivity index (χ1n) is 29.8. The summed E-state index contributed by atoms with van der Waals surface area (Å²) in [6.45, 7) is 6.58. The summed E-state index contributed by atoms with van der Waals surface area (Å²) in [5.41, 5.74) is 0. The van der Waals surface area contributed by atoms with Crippen LogP contribution in [0.4, 0.5) is 0 Å². The van der Waals surface area contributed by atoms with Gasteiger partial charge in [-0.3, -0.25) is 14.4 Å². The van der Waals surface area contributed by atoms with Crippen molar-refractivity contribution in [2.24, 2.45) is 0 Å². The van der Waals surface area contributed by atoms with Crippen LogP contribution < -0.4 is 0 Å². The highest BCUT2D eigenvalue weighted by Crippen LogP contribution is 2.15. The van der Waals surface area contributed by atoms with E-state index in [1.54, 1.807) is 0 Å². The molecule has 0 aliphatic carbocycles. The van der Waals surface area contributed by atoms with Crippen molar-refractivity contribution < 1.29 is 28.6 Å². The summed E-state index contributed by atoms with van der Waals surface area (Å²) in [6.07, 6.45) is 72.1. The molecule has 0 aromatic rings. The van der Waals surface area contributed by atoms with Gasteiger partial charge in [-0.15, -0.1) is 0 Å². The molecule has 0 aliphatic rings. The maximum absolute atomic E-state index is 12.9. The SMILES string of the molecule is CCCC/C=C\C/C=C\CCCCCCCC(=O)OCC(COC(=O)CCCCCCCCCCC/C=C\CCCCCCCCCC)OC(=O)CCCCCCC/C=C\C/C=C\CCCCCC. The minimum Gasteiger partial charge on any atom is -0.462 e. The molecule has 0 N–H and O–H groups in total. The van der Waals surface area contributed by atoms with Gasteiger partial charge in [0.25, 0.3) is 0 Å². The van der Waals surface area contributed by atoms with E-state index in [0.717, 1.165) is 103 Å². The van der Waals surface area contributed by atoms with Gasteiger partial charge in [0.15, 0.2) is 6.10 Å². The Morgan fingerprint density at radius 3 is 0.870 bits per heavy atom. The van der Waals surface area contributed by atoms with E-state index in [2.05, 4.69) is 81.5 Å².